The van der Waals surface area contributed by atoms with Crippen molar-refractivity contribution in [3.63, 3.8) is 0 Å². The summed E-state index contributed by atoms with van der Waals surface area (Å²) < 4.78 is 26.3. The van der Waals surface area contributed by atoms with Gasteiger partial charge in [0.1, 0.15) is 11.6 Å². The molecule has 1 aromatic carbocycles. The van der Waals surface area contributed by atoms with Gasteiger partial charge in [-0.05, 0) is 24.5 Å². The van der Waals surface area contributed by atoms with E-state index >= 15 is 0 Å². The van der Waals surface area contributed by atoms with Crippen LogP contribution in [0.4, 0.5) is 8.78 Å². The fourth-order valence-corrected chi connectivity index (χ4v) is 2.86. The molecule has 0 saturated carbocycles. The number of aliphatic carboxylic acids is 1. The summed E-state index contributed by atoms with van der Waals surface area (Å²) in [6, 6.07) is 2.68. The van der Waals surface area contributed by atoms with Crippen LogP contribution < -0.4 is 5.32 Å². The fraction of sp³-hybridized carbons (Fsp3) is 0.471. The van der Waals surface area contributed by atoms with Crippen molar-refractivity contribution in [3.8, 4) is 0 Å². The van der Waals surface area contributed by atoms with Crippen molar-refractivity contribution < 1.29 is 28.3 Å². The molecule has 0 unspecified atom stereocenters. The van der Waals surface area contributed by atoms with Crippen molar-refractivity contribution in [1.29, 1.82) is 0 Å². The van der Waals surface area contributed by atoms with Gasteiger partial charge in [-0.15, -0.1) is 0 Å². The summed E-state index contributed by atoms with van der Waals surface area (Å²) in [7, 11) is 0. The maximum atomic E-state index is 13.5. The zero-order valence-electron chi connectivity index (χ0n) is 13.8. The lowest BCUT2D eigenvalue weighted by Crippen LogP contribution is -2.31. The zero-order chi connectivity index (χ0) is 18.6. The van der Waals surface area contributed by atoms with Crippen LogP contribution in [0.5, 0.6) is 0 Å². The molecule has 1 saturated heterocycles. The van der Waals surface area contributed by atoms with Gasteiger partial charge in [0, 0.05) is 32.1 Å². The maximum absolute atomic E-state index is 13.5. The minimum absolute atomic E-state index is 0.0948. The summed E-state index contributed by atoms with van der Waals surface area (Å²) in [5.41, 5.74) is -0.259. The Morgan fingerprint density at radius 1 is 1.28 bits per heavy atom. The second-order valence-electron chi connectivity index (χ2n) is 6.20. The minimum Gasteiger partial charge on any atom is -0.481 e. The van der Waals surface area contributed by atoms with Crippen LogP contribution in [0.1, 0.15) is 30.1 Å². The van der Waals surface area contributed by atoms with Crippen LogP contribution in [0, 0.1) is 23.5 Å². The topological polar surface area (TPSA) is 86.7 Å². The number of hydrogen-bond donors (Lipinski definition) is 2. The first-order valence-electron chi connectivity index (χ1n) is 8.03. The van der Waals surface area contributed by atoms with E-state index in [4.69, 9.17) is 5.11 Å². The number of carbonyl (C=O) groups is 3. The molecule has 0 aromatic heterocycles. The van der Waals surface area contributed by atoms with Gasteiger partial charge in [-0.1, -0.05) is 6.92 Å². The van der Waals surface area contributed by atoms with E-state index in [1.165, 1.54) is 4.90 Å². The lowest BCUT2D eigenvalue weighted by Gasteiger charge is -2.15. The SMILES string of the molecule is C[C@@H]1CN(C(=O)CCCNC(=O)c2ccc(F)cc2F)C[C@H]1C(=O)O. The van der Waals surface area contributed by atoms with E-state index in [9.17, 15) is 23.2 Å². The smallest absolute Gasteiger partial charge is 0.308 e. The number of carboxylic acid groups (broad SMARTS) is 1. The molecular formula is C17H20F2N2O4. The Kier molecular flexibility index (Phi) is 6.06. The van der Waals surface area contributed by atoms with Crippen molar-refractivity contribution >= 4 is 17.8 Å². The Labute approximate surface area is 143 Å². The van der Waals surface area contributed by atoms with Gasteiger partial charge < -0.3 is 15.3 Å². The van der Waals surface area contributed by atoms with Crippen LogP contribution in [0.15, 0.2) is 18.2 Å². The van der Waals surface area contributed by atoms with Gasteiger partial charge in [-0.2, -0.15) is 0 Å². The number of carboxylic acids is 1. The van der Waals surface area contributed by atoms with Crippen molar-refractivity contribution in [2.75, 3.05) is 19.6 Å². The highest BCUT2D eigenvalue weighted by Crippen LogP contribution is 2.23. The zero-order valence-corrected chi connectivity index (χ0v) is 13.8. The van der Waals surface area contributed by atoms with Crippen LogP contribution in [-0.2, 0) is 9.59 Å². The summed E-state index contributed by atoms with van der Waals surface area (Å²) in [6.45, 7) is 2.56. The largest absolute Gasteiger partial charge is 0.481 e. The van der Waals surface area contributed by atoms with Crippen LogP contribution in [-0.4, -0.2) is 47.4 Å². The van der Waals surface area contributed by atoms with E-state index in [0.29, 0.717) is 19.0 Å². The molecular weight excluding hydrogens is 334 g/mol. The predicted molar refractivity (Wildman–Crippen MR) is 84.8 cm³/mol. The highest BCUT2D eigenvalue weighted by molar-refractivity contribution is 5.94. The van der Waals surface area contributed by atoms with E-state index in [-0.39, 0.29) is 36.9 Å². The number of carbonyl (C=O) groups excluding carboxylic acids is 2. The molecule has 2 atom stereocenters. The van der Waals surface area contributed by atoms with Crippen molar-refractivity contribution in [2.45, 2.75) is 19.8 Å². The monoisotopic (exact) mass is 354 g/mol. The molecule has 1 aliphatic heterocycles. The molecule has 136 valence electrons. The number of benzene rings is 1. The van der Waals surface area contributed by atoms with Gasteiger partial charge in [0.05, 0.1) is 11.5 Å². The standard InChI is InChI=1S/C17H20F2N2O4/c1-10-8-21(9-13(10)17(24)25)15(22)3-2-6-20-16(23)12-5-4-11(18)7-14(12)19/h4-5,7,10,13H,2-3,6,8-9H2,1H3,(H,20,23)(H,24,25)/t10-,13-/m1/s1. The van der Waals surface area contributed by atoms with Crippen LogP contribution in [0.25, 0.3) is 0 Å². The molecule has 25 heavy (non-hydrogen) atoms. The summed E-state index contributed by atoms with van der Waals surface area (Å²) in [6.07, 6.45) is 0.501. The Hall–Kier alpha value is -2.51. The summed E-state index contributed by atoms with van der Waals surface area (Å²) in [5, 5.41) is 11.5. The molecule has 1 aromatic rings. The Morgan fingerprint density at radius 2 is 2.00 bits per heavy atom. The molecule has 6 nitrogen and oxygen atoms in total. The van der Waals surface area contributed by atoms with Crippen molar-refractivity contribution in [3.05, 3.63) is 35.4 Å². The van der Waals surface area contributed by atoms with E-state index in [1.807, 2.05) is 0 Å². The Morgan fingerprint density at radius 3 is 2.60 bits per heavy atom. The van der Waals surface area contributed by atoms with E-state index in [1.54, 1.807) is 6.92 Å². The molecule has 2 rings (SSSR count). The number of nitrogens with one attached hydrogen (secondary N) is 1. The highest BCUT2D eigenvalue weighted by Gasteiger charge is 2.36. The Balaban J connectivity index is 1.75. The third-order valence-electron chi connectivity index (χ3n) is 4.31. The fourth-order valence-electron chi connectivity index (χ4n) is 2.86. The van der Waals surface area contributed by atoms with Gasteiger partial charge in [-0.25, -0.2) is 8.78 Å². The molecule has 8 heteroatoms. The van der Waals surface area contributed by atoms with Gasteiger partial charge in [0.25, 0.3) is 5.91 Å². The highest BCUT2D eigenvalue weighted by atomic mass is 19.1. The Bertz CT molecular complexity index is 681. The molecule has 2 N–H and O–H groups in total. The molecule has 2 amide bonds. The first kappa shape index (κ1) is 18.8. The second kappa shape index (κ2) is 8.04. The second-order valence-corrected chi connectivity index (χ2v) is 6.20. The maximum Gasteiger partial charge on any atom is 0.308 e. The lowest BCUT2D eigenvalue weighted by molar-refractivity contribution is -0.142. The van der Waals surface area contributed by atoms with E-state index in [0.717, 1.165) is 12.1 Å². The third-order valence-corrected chi connectivity index (χ3v) is 4.31. The molecule has 1 fully saturated rings. The van der Waals surface area contributed by atoms with E-state index < -0.39 is 29.4 Å². The van der Waals surface area contributed by atoms with Crippen LogP contribution in [0.2, 0.25) is 0 Å². The van der Waals surface area contributed by atoms with Gasteiger partial charge in [0.2, 0.25) is 5.91 Å². The average molecular weight is 354 g/mol. The first-order chi connectivity index (χ1) is 11.8. The molecule has 0 aliphatic carbocycles. The van der Waals surface area contributed by atoms with Crippen molar-refractivity contribution in [2.24, 2.45) is 11.8 Å². The minimum atomic E-state index is -0.945. The molecule has 0 spiro atoms. The first-order valence-corrected chi connectivity index (χ1v) is 8.03. The normalized spacial score (nSPS) is 19.7. The van der Waals surface area contributed by atoms with Crippen molar-refractivity contribution in [1.82, 2.24) is 10.2 Å². The number of likely N-dealkylation sites (tertiary alicyclic amines) is 1. The predicted octanol–water partition coefficient (Wildman–Crippen LogP) is 1.65. The molecule has 1 aliphatic rings. The third kappa shape index (κ3) is 4.74. The summed E-state index contributed by atoms with van der Waals surface area (Å²) >= 11 is 0. The van der Waals surface area contributed by atoms with Gasteiger partial charge in [0.15, 0.2) is 0 Å². The number of halogens is 2. The van der Waals surface area contributed by atoms with Gasteiger partial charge in [-0.3, -0.25) is 14.4 Å². The average Bonchev–Trinajstić information content (AvgIpc) is 2.93. The number of nitrogens with zero attached hydrogens (tertiary/aromatic N) is 1. The number of rotatable bonds is 6. The quantitative estimate of drug-likeness (QED) is 0.761. The summed E-state index contributed by atoms with van der Waals surface area (Å²) in [5.74, 6) is -4.11. The molecule has 1 heterocycles. The van der Waals surface area contributed by atoms with E-state index in [2.05, 4.69) is 5.32 Å². The summed E-state index contributed by atoms with van der Waals surface area (Å²) in [4.78, 5) is 36.5. The van der Waals surface area contributed by atoms with Crippen LogP contribution in [0.3, 0.4) is 0 Å². The van der Waals surface area contributed by atoms with Gasteiger partial charge >= 0.3 is 5.97 Å². The molecule has 0 radical (unpaired) electrons. The number of amides is 2. The lowest BCUT2D eigenvalue weighted by atomic mass is 9.99. The number of hydrogen-bond acceptors (Lipinski definition) is 3. The molecule has 0 bridgehead atoms. The van der Waals surface area contributed by atoms with Crippen LogP contribution >= 0.6 is 0 Å².